The van der Waals surface area contributed by atoms with Crippen molar-refractivity contribution in [3.63, 3.8) is 0 Å². The molecule has 0 aliphatic carbocycles. The molecule has 1 unspecified atom stereocenters. The summed E-state index contributed by atoms with van der Waals surface area (Å²) < 4.78 is 0. The van der Waals surface area contributed by atoms with Crippen LogP contribution in [0.3, 0.4) is 0 Å². The highest BCUT2D eigenvalue weighted by atomic mass is 16.2. The summed E-state index contributed by atoms with van der Waals surface area (Å²) in [7, 11) is 0. The molecule has 0 bridgehead atoms. The predicted octanol–water partition coefficient (Wildman–Crippen LogP) is 4.89. The Balaban J connectivity index is 1.52. The Morgan fingerprint density at radius 2 is 1.47 bits per heavy atom. The second-order valence-corrected chi connectivity index (χ2v) is 7.96. The van der Waals surface area contributed by atoms with Crippen LogP contribution in [-0.4, -0.2) is 24.3 Å². The van der Waals surface area contributed by atoms with Gasteiger partial charge in [0.05, 0.1) is 12.6 Å². The fourth-order valence-electron chi connectivity index (χ4n) is 3.39. The normalized spacial score (nSPS) is 11.3. The van der Waals surface area contributed by atoms with Crippen LogP contribution < -0.4 is 21.3 Å². The lowest BCUT2D eigenvalue weighted by atomic mass is 10.1. The molecule has 0 spiro atoms. The van der Waals surface area contributed by atoms with Crippen LogP contribution in [0.4, 0.5) is 17.1 Å². The third kappa shape index (κ3) is 6.68. The number of hydrogen-bond acceptors (Lipinski definition) is 4. The van der Waals surface area contributed by atoms with Crippen LogP contribution in [0.2, 0.25) is 0 Å². The maximum atomic E-state index is 12.5. The van der Waals surface area contributed by atoms with Gasteiger partial charge in [0, 0.05) is 29.0 Å². The summed E-state index contributed by atoms with van der Waals surface area (Å²) in [6.07, 6.45) is 0.395. The van der Waals surface area contributed by atoms with Gasteiger partial charge in [-0.1, -0.05) is 43.3 Å². The summed E-state index contributed by atoms with van der Waals surface area (Å²) in [5, 5.41) is 11.7. The van der Waals surface area contributed by atoms with Crippen molar-refractivity contribution in [3.05, 3.63) is 89.5 Å². The van der Waals surface area contributed by atoms with Gasteiger partial charge in [-0.15, -0.1) is 0 Å². The predicted molar refractivity (Wildman–Crippen MR) is 136 cm³/mol. The van der Waals surface area contributed by atoms with Gasteiger partial charge in [-0.25, -0.2) is 0 Å². The molecule has 0 saturated heterocycles. The smallest absolute Gasteiger partial charge is 0.251 e. The number of nitrogens with one attached hydrogen (secondary N) is 4. The molecule has 0 heterocycles. The molecule has 7 heteroatoms. The van der Waals surface area contributed by atoms with Crippen molar-refractivity contribution in [1.82, 2.24) is 5.32 Å². The highest BCUT2D eigenvalue weighted by molar-refractivity contribution is 5.97. The van der Waals surface area contributed by atoms with E-state index in [2.05, 4.69) is 21.3 Å². The van der Waals surface area contributed by atoms with Crippen molar-refractivity contribution in [2.24, 2.45) is 0 Å². The molecule has 176 valence electrons. The first kappa shape index (κ1) is 24.5. The third-order valence-corrected chi connectivity index (χ3v) is 5.45. The van der Waals surface area contributed by atoms with Crippen LogP contribution >= 0.6 is 0 Å². The first-order valence-electron chi connectivity index (χ1n) is 11.3. The van der Waals surface area contributed by atoms with Crippen LogP contribution in [0.15, 0.2) is 72.8 Å². The van der Waals surface area contributed by atoms with Crippen molar-refractivity contribution in [2.45, 2.75) is 33.2 Å². The Morgan fingerprint density at radius 3 is 2.15 bits per heavy atom. The zero-order valence-corrected chi connectivity index (χ0v) is 19.6. The highest BCUT2D eigenvalue weighted by Gasteiger charge is 2.12. The van der Waals surface area contributed by atoms with Crippen LogP contribution in [0, 0.1) is 6.92 Å². The number of benzene rings is 3. The van der Waals surface area contributed by atoms with Gasteiger partial charge in [-0.3, -0.25) is 14.4 Å². The van der Waals surface area contributed by atoms with Crippen LogP contribution in [-0.2, 0) is 9.59 Å². The summed E-state index contributed by atoms with van der Waals surface area (Å²) in [6, 6.07) is 21.9. The van der Waals surface area contributed by atoms with Gasteiger partial charge < -0.3 is 21.3 Å². The van der Waals surface area contributed by atoms with E-state index in [1.165, 1.54) is 0 Å². The van der Waals surface area contributed by atoms with Gasteiger partial charge >= 0.3 is 0 Å². The lowest BCUT2D eigenvalue weighted by Gasteiger charge is -2.15. The van der Waals surface area contributed by atoms with Gasteiger partial charge in [0.15, 0.2) is 0 Å². The van der Waals surface area contributed by atoms with Crippen molar-refractivity contribution >= 4 is 34.8 Å². The first-order chi connectivity index (χ1) is 16.4. The standard InChI is InChI=1S/C27H30N4O3/c1-4-25(32)31-24-12-8-11-23(18(24)2)28-17-26(33)30-22-15-13-21(14-16-22)27(34)29-19(3)20-9-6-5-7-10-20/h5-16,19,28H,4,17H2,1-3H3,(H,29,34)(H,30,33)(H,31,32). The molecule has 34 heavy (non-hydrogen) atoms. The fourth-order valence-corrected chi connectivity index (χ4v) is 3.39. The van der Waals surface area contributed by atoms with Crippen molar-refractivity contribution in [1.29, 1.82) is 0 Å². The van der Waals surface area contributed by atoms with Crippen LogP contribution in [0.25, 0.3) is 0 Å². The first-order valence-corrected chi connectivity index (χ1v) is 11.3. The maximum absolute atomic E-state index is 12.5. The molecule has 7 nitrogen and oxygen atoms in total. The van der Waals surface area contributed by atoms with Gasteiger partial charge in [-0.05, 0) is 61.4 Å². The third-order valence-electron chi connectivity index (χ3n) is 5.45. The zero-order valence-electron chi connectivity index (χ0n) is 19.6. The number of anilines is 3. The summed E-state index contributed by atoms with van der Waals surface area (Å²) in [4.78, 5) is 36.6. The molecule has 0 aliphatic heterocycles. The molecule has 3 amide bonds. The van der Waals surface area contributed by atoms with E-state index in [-0.39, 0.29) is 30.3 Å². The second-order valence-electron chi connectivity index (χ2n) is 7.96. The topological polar surface area (TPSA) is 99.3 Å². The van der Waals surface area contributed by atoms with Gasteiger partial charge in [-0.2, -0.15) is 0 Å². The van der Waals surface area contributed by atoms with Gasteiger partial charge in [0.25, 0.3) is 5.91 Å². The van der Waals surface area contributed by atoms with E-state index in [1.54, 1.807) is 31.2 Å². The molecule has 0 radical (unpaired) electrons. The van der Waals surface area contributed by atoms with E-state index in [4.69, 9.17) is 0 Å². The van der Waals surface area contributed by atoms with E-state index in [0.717, 1.165) is 16.8 Å². The molecule has 0 aliphatic rings. The lowest BCUT2D eigenvalue weighted by Crippen LogP contribution is -2.26. The average Bonchev–Trinajstić information content (AvgIpc) is 2.85. The average molecular weight is 459 g/mol. The van der Waals surface area contributed by atoms with E-state index < -0.39 is 0 Å². The molecule has 0 aromatic heterocycles. The Kier molecular flexibility index (Phi) is 8.40. The second kappa shape index (κ2) is 11.7. The number of carbonyl (C=O) groups excluding carboxylic acids is 3. The summed E-state index contributed by atoms with van der Waals surface area (Å²) in [5.41, 5.74) is 4.48. The number of carbonyl (C=O) groups is 3. The van der Waals surface area contributed by atoms with E-state index in [1.807, 2.05) is 62.4 Å². The Labute approximate surface area is 200 Å². The molecule has 4 N–H and O–H groups in total. The Hall–Kier alpha value is -4.13. The minimum absolute atomic E-state index is 0.0584. The van der Waals surface area contributed by atoms with Crippen molar-refractivity contribution in [3.8, 4) is 0 Å². The monoisotopic (exact) mass is 458 g/mol. The molecule has 1 atom stereocenters. The molecular formula is C27H30N4O3. The van der Waals surface area contributed by atoms with E-state index >= 15 is 0 Å². The van der Waals surface area contributed by atoms with Crippen molar-refractivity contribution in [2.75, 3.05) is 22.5 Å². The zero-order chi connectivity index (χ0) is 24.5. The highest BCUT2D eigenvalue weighted by Crippen LogP contribution is 2.23. The molecule has 0 fully saturated rings. The van der Waals surface area contributed by atoms with Gasteiger partial charge in [0.2, 0.25) is 11.8 Å². The summed E-state index contributed by atoms with van der Waals surface area (Å²) >= 11 is 0. The van der Waals surface area contributed by atoms with Gasteiger partial charge in [0.1, 0.15) is 0 Å². The summed E-state index contributed by atoms with van der Waals surface area (Å²) in [6.45, 7) is 5.67. The minimum atomic E-state index is -0.225. The van der Waals surface area contributed by atoms with Crippen LogP contribution in [0.1, 0.15) is 47.8 Å². The molecule has 3 aromatic carbocycles. The lowest BCUT2D eigenvalue weighted by molar-refractivity contribution is -0.116. The van der Waals surface area contributed by atoms with Crippen LogP contribution in [0.5, 0.6) is 0 Å². The minimum Gasteiger partial charge on any atom is -0.376 e. The quantitative estimate of drug-likeness (QED) is 0.367. The van der Waals surface area contributed by atoms with E-state index in [0.29, 0.717) is 23.4 Å². The molecule has 3 rings (SSSR count). The van der Waals surface area contributed by atoms with Crippen molar-refractivity contribution < 1.29 is 14.4 Å². The number of hydrogen-bond donors (Lipinski definition) is 4. The Bertz CT molecular complexity index is 1140. The number of amides is 3. The maximum Gasteiger partial charge on any atom is 0.251 e. The molecular weight excluding hydrogens is 428 g/mol. The SMILES string of the molecule is CCC(=O)Nc1cccc(NCC(=O)Nc2ccc(C(=O)NC(C)c3ccccc3)cc2)c1C. The molecule has 3 aromatic rings. The fraction of sp³-hybridized carbons (Fsp3) is 0.222. The summed E-state index contributed by atoms with van der Waals surface area (Å²) in [5.74, 6) is -0.469. The largest absolute Gasteiger partial charge is 0.376 e. The number of rotatable bonds is 9. The van der Waals surface area contributed by atoms with E-state index in [9.17, 15) is 14.4 Å². The Morgan fingerprint density at radius 1 is 0.794 bits per heavy atom. The molecule has 0 saturated carbocycles.